The molecule has 7 nitrogen and oxygen atoms in total. The van der Waals surface area contributed by atoms with E-state index in [9.17, 15) is 4.39 Å². The predicted octanol–water partition coefficient (Wildman–Crippen LogP) is 8.89. The zero-order valence-electron chi connectivity index (χ0n) is 26.1. The second-order valence-electron chi connectivity index (χ2n) is 10.0. The van der Waals surface area contributed by atoms with Crippen LogP contribution in [-0.4, -0.2) is 24.5 Å². The number of allylic oxidation sites excluding steroid dienone is 4. The van der Waals surface area contributed by atoms with Gasteiger partial charge in [0.05, 0.1) is 26.5 Å². The third-order valence-corrected chi connectivity index (χ3v) is 8.14. The monoisotopic (exact) mass is 617 g/mol. The quantitative estimate of drug-likeness (QED) is 0.166. The van der Waals surface area contributed by atoms with Crippen LogP contribution in [0.3, 0.4) is 0 Å². The topological polar surface area (TPSA) is 94.5 Å². The van der Waals surface area contributed by atoms with E-state index in [1.807, 2.05) is 106 Å². The minimum atomic E-state index is -0.332. The van der Waals surface area contributed by atoms with E-state index in [0.29, 0.717) is 35.0 Å². The summed E-state index contributed by atoms with van der Waals surface area (Å²) in [6.45, 7) is 14.6. The van der Waals surface area contributed by atoms with Crippen LogP contribution in [0, 0.1) is 12.7 Å². The number of benzene rings is 2. The minimum absolute atomic E-state index is 0.332. The summed E-state index contributed by atoms with van der Waals surface area (Å²) in [6.07, 6.45) is 7.74. The van der Waals surface area contributed by atoms with Crippen LogP contribution in [0.1, 0.15) is 49.5 Å². The molecule has 0 saturated carbocycles. The minimum Gasteiger partial charge on any atom is -0.383 e. The number of pyridine rings is 2. The van der Waals surface area contributed by atoms with Gasteiger partial charge in [0.1, 0.15) is 17.2 Å². The van der Waals surface area contributed by atoms with Gasteiger partial charge in [-0.05, 0) is 74.4 Å². The smallest absolute Gasteiger partial charge is 0.165 e. The summed E-state index contributed by atoms with van der Waals surface area (Å²) in [5.41, 5.74) is 14.3. The Morgan fingerprint density at radius 1 is 1.02 bits per heavy atom. The molecular formula is C36H36FN7S. The van der Waals surface area contributed by atoms with Crippen molar-refractivity contribution in [3.63, 3.8) is 0 Å². The van der Waals surface area contributed by atoms with Crippen molar-refractivity contribution in [2.45, 2.75) is 41.2 Å². The van der Waals surface area contributed by atoms with Crippen molar-refractivity contribution in [2.24, 2.45) is 0 Å². The largest absolute Gasteiger partial charge is 0.383 e. The van der Waals surface area contributed by atoms with Crippen molar-refractivity contribution in [2.75, 3.05) is 5.73 Å². The van der Waals surface area contributed by atoms with Gasteiger partial charge in [-0.15, -0.1) is 11.3 Å². The van der Waals surface area contributed by atoms with Gasteiger partial charge in [-0.25, -0.2) is 24.3 Å². The Bertz CT molecular complexity index is 2050. The third-order valence-electron chi connectivity index (χ3n) is 7.12. The number of nitrogens with two attached hydrogens (primary N) is 1. The Kier molecular flexibility index (Phi) is 9.49. The summed E-state index contributed by atoms with van der Waals surface area (Å²) in [7, 11) is 0. The molecule has 0 aliphatic rings. The molecule has 9 heteroatoms. The van der Waals surface area contributed by atoms with Crippen molar-refractivity contribution in [3.05, 3.63) is 119 Å². The molecule has 0 aliphatic carbocycles. The number of aromatic nitrogens is 5. The summed E-state index contributed by atoms with van der Waals surface area (Å²) in [5, 5.41) is 4.24. The highest BCUT2D eigenvalue weighted by molar-refractivity contribution is 7.18. The highest BCUT2D eigenvalue weighted by Crippen LogP contribution is 2.32. The van der Waals surface area contributed by atoms with Gasteiger partial charge in [0, 0.05) is 35.8 Å². The van der Waals surface area contributed by atoms with Crippen LogP contribution >= 0.6 is 11.3 Å². The molecule has 0 fully saturated rings. The number of nitrogens with zero attached hydrogens (tertiary/aromatic N) is 5. The fourth-order valence-electron chi connectivity index (χ4n) is 5.06. The zero-order valence-corrected chi connectivity index (χ0v) is 26.9. The number of fused-ring (bicyclic) bond motifs is 2. The number of anilines is 1. The number of nitrogens with one attached hydrogen (secondary N) is 1. The molecule has 0 spiro atoms. The van der Waals surface area contributed by atoms with Crippen LogP contribution in [-0.2, 0) is 6.54 Å². The number of thiazole rings is 1. The second-order valence-corrected chi connectivity index (χ2v) is 11.2. The van der Waals surface area contributed by atoms with Crippen molar-refractivity contribution in [1.29, 1.82) is 0 Å². The summed E-state index contributed by atoms with van der Waals surface area (Å²) in [6, 6.07) is 18.8. The first-order valence-corrected chi connectivity index (χ1v) is 15.7. The first kappa shape index (κ1) is 31.3. The lowest BCUT2D eigenvalue weighted by Gasteiger charge is -2.13. The summed E-state index contributed by atoms with van der Waals surface area (Å²) >= 11 is 1.53. The zero-order chi connectivity index (χ0) is 32.1. The Balaban J connectivity index is 0.00000196. The van der Waals surface area contributed by atoms with Crippen LogP contribution in [0.25, 0.3) is 49.7 Å². The molecule has 3 N–H and O–H groups in total. The van der Waals surface area contributed by atoms with Crippen molar-refractivity contribution >= 4 is 49.8 Å². The second kappa shape index (κ2) is 13.7. The fourth-order valence-corrected chi connectivity index (χ4v) is 6.00. The summed E-state index contributed by atoms with van der Waals surface area (Å²) in [4.78, 5) is 18.7. The molecule has 0 unspecified atom stereocenters. The van der Waals surface area contributed by atoms with Gasteiger partial charge in [0.25, 0.3) is 0 Å². The lowest BCUT2D eigenvalue weighted by atomic mass is 10.1. The Morgan fingerprint density at radius 2 is 1.80 bits per heavy atom. The summed E-state index contributed by atoms with van der Waals surface area (Å²) in [5.74, 6) is 0.721. The number of hydrogen-bond donors (Lipinski definition) is 2. The fraction of sp³-hybridized carbons (Fsp3) is 0.167. The van der Waals surface area contributed by atoms with Crippen molar-refractivity contribution < 1.29 is 4.39 Å². The van der Waals surface area contributed by atoms with Gasteiger partial charge in [0.2, 0.25) is 0 Å². The lowest BCUT2D eigenvalue weighted by molar-refractivity contribution is 0.629. The van der Waals surface area contributed by atoms with E-state index in [-0.39, 0.29) is 5.82 Å². The van der Waals surface area contributed by atoms with Crippen LogP contribution in [0.15, 0.2) is 91.7 Å². The molecular weight excluding hydrogens is 582 g/mol. The number of hydrogen-bond acceptors (Lipinski definition) is 7. The molecule has 228 valence electrons. The van der Waals surface area contributed by atoms with Crippen molar-refractivity contribution in [3.8, 4) is 17.1 Å². The number of rotatable bonds is 8. The number of aryl methyl sites for hydroxylation is 1. The van der Waals surface area contributed by atoms with Gasteiger partial charge in [-0.3, -0.25) is 4.57 Å². The molecule has 4 heterocycles. The predicted molar refractivity (Wildman–Crippen MR) is 187 cm³/mol. The molecule has 0 amide bonds. The van der Waals surface area contributed by atoms with Crippen LogP contribution in [0.5, 0.6) is 0 Å². The van der Waals surface area contributed by atoms with Gasteiger partial charge < -0.3 is 11.1 Å². The molecule has 0 atom stereocenters. The van der Waals surface area contributed by atoms with E-state index < -0.39 is 0 Å². The Labute approximate surface area is 266 Å². The first-order chi connectivity index (χ1) is 21.9. The highest BCUT2D eigenvalue weighted by Gasteiger charge is 2.19. The first-order valence-electron chi connectivity index (χ1n) is 14.8. The standard InChI is InChI=1S/C34H30FN7S.C2H6/c1-5-8-23(6-2)28-14-15-29-34(40-28)42(33(41-29)26-9-7-16-37-32(26)36)25-12-10-22(11-13-25)19-38-20(3)27-17-24(35)18-30-31(27)43-21(4)39-30;1-2/h5-18,38H,3,19H2,1-2,4H3,(H2,36,37);1-2H3/b8-5-,23-6+;. The maximum Gasteiger partial charge on any atom is 0.165 e. The summed E-state index contributed by atoms with van der Waals surface area (Å²) < 4.78 is 17.2. The van der Waals surface area contributed by atoms with Crippen molar-refractivity contribution in [1.82, 2.24) is 29.8 Å². The van der Waals surface area contributed by atoms with E-state index in [0.717, 1.165) is 48.9 Å². The molecule has 0 aliphatic heterocycles. The van der Waals surface area contributed by atoms with Gasteiger partial charge >= 0.3 is 0 Å². The lowest BCUT2D eigenvalue weighted by Crippen LogP contribution is -2.11. The maximum absolute atomic E-state index is 14.3. The molecule has 6 aromatic rings. The Morgan fingerprint density at radius 3 is 2.51 bits per heavy atom. The maximum atomic E-state index is 14.3. The van der Waals surface area contributed by atoms with E-state index >= 15 is 0 Å². The number of imidazole rings is 1. The van der Waals surface area contributed by atoms with Gasteiger partial charge in [0.15, 0.2) is 11.5 Å². The molecule has 2 aromatic carbocycles. The molecule has 45 heavy (non-hydrogen) atoms. The van der Waals surface area contributed by atoms with E-state index in [1.165, 1.54) is 23.5 Å². The van der Waals surface area contributed by atoms with Crippen LogP contribution in [0.4, 0.5) is 10.2 Å². The van der Waals surface area contributed by atoms with E-state index in [4.69, 9.17) is 15.7 Å². The number of nitrogen functional groups attached to an aromatic ring is 1. The van der Waals surface area contributed by atoms with Crippen LogP contribution in [0.2, 0.25) is 0 Å². The highest BCUT2D eigenvalue weighted by atomic mass is 32.1. The Hall–Kier alpha value is -5.15. The molecule has 0 radical (unpaired) electrons. The van der Waals surface area contributed by atoms with Crippen LogP contribution < -0.4 is 11.1 Å². The van der Waals surface area contributed by atoms with Gasteiger partial charge in [-0.1, -0.05) is 50.8 Å². The molecule has 6 rings (SSSR count). The molecule has 0 saturated heterocycles. The number of halogens is 1. The van der Waals surface area contributed by atoms with E-state index in [2.05, 4.69) is 21.9 Å². The van der Waals surface area contributed by atoms with E-state index in [1.54, 1.807) is 6.20 Å². The molecule has 4 aromatic heterocycles. The normalized spacial score (nSPS) is 11.6. The third kappa shape index (κ3) is 6.39. The van der Waals surface area contributed by atoms with Gasteiger partial charge in [-0.2, -0.15) is 0 Å². The SMILES string of the molecule is C=C(NCc1ccc(-n2c(-c3cccnc3N)nc3ccc(C(/C=C\C)=C/C)nc32)cc1)c1cc(F)cc2nc(C)sc12.CC. The molecule has 0 bridgehead atoms. The average molecular weight is 618 g/mol. The average Bonchev–Trinajstić information content (AvgIpc) is 3.62.